The van der Waals surface area contributed by atoms with Crippen molar-refractivity contribution in [2.75, 3.05) is 13.1 Å². The van der Waals surface area contributed by atoms with E-state index in [-0.39, 0.29) is 12.0 Å². The molecule has 2 N–H and O–H groups in total. The molecule has 2 fully saturated rings. The maximum Gasteiger partial charge on any atom is 0.225 e. The number of nitrogens with zero attached hydrogens (tertiary/aromatic N) is 1. The third-order valence-electron chi connectivity index (χ3n) is 4.49. The summed E-state index contributed by atoms with van der Waals surface area (Å²) in [5.41, 5.74) is 6.38. The van der Waals surface area contributed by atoms with Crippen molar-refractivity contribution in [1.82, 2.24) is 4.90 Å². The lowest BCUT2D eigenvalue weighted by Gasteiger charge is -2.39. The molecule has 2 rings (SSSR count). The van der Waals surface area contributed by atoms with Crippen LogP contribution in [0, 0.1) is 11.3 Å². The molecule has 1 amide bonds. The van der Waals surface area contributed by atoms with Gasteiger partial charge < -0.3 is 10.6 Å². The molecule has 1 saturated heterocycles. The van der Waals surface area contributed by atoms with Gasteiger partial charge in [0.1, 0.15) is 0 Å². The Hall–Kier alpha value is -0.570. The van der Waals surface area contributed by atoms with Gasteiger partial charge in [0.2, 0.25) is 5.91 Å². The summed E-state index contributed by atoms with van der Waals surface area (Å²) in [5.74, 6) is 0.579. The molecule has 2 unspecified atom stereocenters. The van der Waals surface area contributed by atoms with Crippen molar-refractivity contribution in [1.29, 1.82) is 0 Å². The van der Waals surface area contributed by atoms with Gasteiger partial charge in [-0.15, -0.1) is 0 Å². The van der Waals surface area contributed by atoms with Gasteiger partial charge in [-0.3, -0.25) is 4.79 Å². The minimum absolute atomic E-state index is 0.208. The van der Waals surface area contributed by atoms with Crippen LogP contribution in [0.25, 0.3) is 0 Å². The van der Waals surface area contributed by atoms with E-state index in [9.17, 15) is 4.79 Å². The highest BCUT2D eigenvalue weighted by atomic mass is 16.2. The number of hydrogen-bond donors (Lipinski definition) is 1. The molecule has 3 heteroatoms. The van der Waals surface area contributed by atoms with Gasteiger partial charge in [0, 0.05) is 25.0 Å². The summed E-state index contributed by atoms with van der Waals surface area (Å²) in [6, 6.07) is 0.249. The molecule has 1 heterocycles. The summed E-state index contributed by atoms with van der Waals surface area (Å²) in [4.78, 5) is 14.5. The molecule has 0 spiro atoms. The van der Waals surface area contributed by atoms with Gasteiger partial charge in [-0.25, -0.2) is 0 Å². The maximum absolute atomic E-state index is 12.4. The average Bonchev–Trinajstić information content (AvgIpc) is 2.28. The van der Waals surface area contributed by atoms with Crippen molar-refractivity contribution in [2.45, 2.75) is 58.4 Å². The van der Waals surface area contributed by atoms with E-state index >= 15 is 0 Å². The lowest BCUT2D eigenvalue weighted by molar-refractivity contribution is -0.138. The van der Waals surface area contributed by atoms with Crippen LogP contribution in [0.4, 0.5) is 0 Å². The summed E-state index contributed by atoms with van der Waals surface area (Å²) >= 11 is 0. The number of hydrogen-bond acceptors (Lipinski definition) is 2. The first-order valence-corrected chi connectivity index (χ1v) is 7.02. The fourth-order valence-corrected chi connectivity index (χ4v) is 3.04. The average molecular weight is 238 g/mol. The Labute approximate surface area is 105 Å². The number of piperidine rings is 1. The standard InChI is InChI=1S/C14H26N2O/c1-14(2)6-8-16(9-7-14)13(17)11-4-3-5-12(15)10-11/h11-12H,3-10,15H2,1-2H3. The zero-order chi connectivity index (χ0) is 12.5. The lowest BCUT2D eigenvalue weighted by Crippen LogP contribution is -2.45. The number of likely N-dealkylation sites (tertiary alicyclic amines) is 1. The van der Waals surface area contributed by atoms with E-state index in [1.54, 1.807) is 0 Å². The van der Waals surface area contributed by atoms with Crippen LogP contribution in [0.15, 0.2) is 0 Å². The minimum Gasteiger partial charge on any atom is -0.342 e. The van der Waals surface area contributed by atoms with Gasteiger partial charge in [0.25, 0.3) is 0 Å². The Kier molecular flexibility index (Phi) is 3.76. The minimum atomic E-state index is 0.208. The van der Waals surface area contributed by atoms with Crippen LogP contribution in [0.5, 0.6) is 0 Å². The van der Waals surface area contributed by atoms with Gasteiger partial charge in [-0.05, 0) is 37.5 Å². The fourth-order valence-electron chi connectivity index (χ4n) is 3.04. The van der Waals surface area contributed by atoms with Crippen LogP contribution in [-0.4, -0.2) is 29.9 Å². The van der Waals surface area contributed by atoms with E-state index in [0.717, 1.165) is 51.6 Å². The molecule has 0 aromatic rings. The second kappa shape index (κ2) is 4.97. The Morgan fingerprint density at radius 3 is 2.47 bits per heavy atom. The topological polar surface area (TPSA) is 46.3 Å². The van der Waals surface area contributed by atoms with Gasteiger partial charge in [-0.1, -0.05) is 20.3 Å². The van der Waals surface area contributed by atoms with E-state index in [1.807, 2.05) is 0 Å². The molecular formula is C14H26N2O. The van der Waals surface area contributed by atoms with Crippen LogP contribution >= 0.6 is 0 Å². The second-order valence-corrected chi connectivity index (χ2v) is 6.61. The van der Waals surface area contributed by atoms with Gasteiger partial charge >= 0.3 is 0 Å². The second-order valence-electron chi connectivity index (χ2n) is 6.61. The van der Waals surface area contributed by atoms with Crippen LogP contribution in [0.3, 0.4) is 0 Å². The Morgan fingerprint density at radius 2 is 1.88 bits per heavy atom. The molecule has 1 aliphatic carbocycles. The predicted molar refractivity (Wildman–Crippen MR) is 69.5 cm³/mol. The lowest BCUT2D eigenvalue weighted by atomic mass is 9.81. The van der Waals surface area contributed by atoms with E-state index in [4.69, 9.17) is 5.73 Å². The van der Waals surface area contributed by atoms with Crippen molar-refractivity contribution in [2.24, 2.45) is 17.1 Å². The summed E-state index contributed by atoms with van der Waals surface area (Å²) in [6.07, 6.45) is 6.44. The molecule has 3 nitrogen and oxygen atoms in total. The van der Waals surface area contributed by atoms with Crippen molar-refractivity contribution < 1.29 is 4.79 Å². The number of carbonyl (C=O) groups excluding carboxylic acids is 1. The highest BCUT2D eigenvalue weighted by Crippen LogP contribution is 2.32. The maximum atomic E-state index is 12.4. The number of carbonyl (C=O) groups is 1. The molecule has 2 atom stereocenters. The Bertz CT molecular complexity index is 278. The normalized spacial score (nSPS) is 33.5. The SMILES string of the molecule is CC1(C)CCN(C(=O)C2CCCC(N)C2)CC1. The smallest absolute Gasteiger partial charge is 0.225 e. The van der Waals surface area contributed by atoms with Gasteiger partial charge in [0.15, 0.2) is 0 Å². The first kappa shape index (κ1) is 12.9. The molecule has 1 aliphatic heterocycles. The zero-order valence-electron chi connectivity index (χ0n) is 11.2. The predicted octanol–water partition coefficient (Wildman–Crippen LogP) is 2.15. The highest BCUT2D eigenvalue weighted by Gasteiger charge is 2.33. The Balaban J connectivity index is 1.88. The van der Waals surface area contributed by atoms with Crippen molar-refractivity contribution in [3.63, 3.8) is 0 Å². The molecular weight excluding hydrogens is 212 g/mol. The third kappa shape index (κ3) is 3.21. The summed E-state index contributed by atoms with van der Waals surface area (Å²) in [7, 11) is 0. The first-order valence-electron chi connectivity index (χ1n) is 7.02. The van der Waals surface area contributed by atoms with Crippen molar-refractivity contribution >= 4 is 5.91 Å². The van der Waals surface area contributed by atoms with E-state index in [2.05, 4.69) is 18.7 Å². The van der Waals surface area contributed by atoms with Crippen molar-refractivity contribution in [3.05, 3.63) is 0 Å². The molecule has 0 aromatic heterocycles. The zero-order valence-corrected chi connectivity index (χ0v) is 11.2. The summed E-state index contributed by atoms with van der Waals surface area (Å²) in [6.45, 7) is 6.48. The molecule has 0 aromatic carbocycles. The molecule has 0 radical (unpaired) electrons. The van der Waals surface area contributed by atoms with Gasteiger partial charge in [0.05, 0.1) is 0 Å². The Morgan fingerprint density at radius 1 is 1.24 bits per heavy atom. The number of amides is 1. The largest absolute Gasteiger partial charge is 0.342 e. The molecule has 2 aliphatic rings. The van der Waals surface area contributed by atoms with E-state index in [1.165, 1.54) is 0 Å². The number of nitrogens with two attached hydrogens (primary N) is 1. The number of rotatable bonds is 1. The molecule has 0 bridgehead atoms. The van der Waals surface area contributed by atoms with Crippen LogP contribution in [-0.2, 0) is 4.79 Å². The van der Waals surface area contributed by atoms with E-state index < -0.39 is 0 Å². The summed E-state index contributed by atoms with van der Waals surface area (Å²) in [5, 5.41) is 0. The molecule has 1 saturated carbocycles. The molecule has 98 valence electrons. The highest BCUT2D eigenvalue weighted by molar-refractivity contribution is 5.79. The van der Waals surface area contributed by atoms with Crippen LogP contribution in [0.2, 0.25) is 0 Å². The fraction of sp³-hybridized carbons (Fsp3) is 0.929. The van der Waals surface area contributed by atoms with Crippen LogP contribution < -0.4 is 5.73 Å². The molecule has 17 heavy (non-hydrogen) atoms. The van der Waals surface area contributed by atoms with Gasteiger partial charge in [-0.2, -0.15) is 0 Å². The first-order chi connectivity index (χ1) is 7.98. The third-order valence-corrected chi connectivity index (χ3v) is 4.49. The van der Waals surface area contributed by atoms with Crippen molar-refractivity contribution in [3.8, 4) is 0 Å². The summed E-state index contributed by atoms with van der Waals surface area (Å²) < 4.78 is 0. The van der Waals surface area contributed by atoms with Crippen LogP contribution in [0.1, 0.15) is 52.4 Å². The van der Waals surface area contributed by atoms with E-state index in [0.29, 0.717) is 11.3 Å². The quantitative estimate of drug-likeness (QED) is 0.761. The monoisotopic (exact) mass is 238 g/mol.